The van der Waals surface area contributed by atoms with Gasteiger partial charge in [0.2, 0.25) is 0 Å². The average Bonchev–Trinajstić information content (AvgIpc) is 1.96. The smallest absolute Gasteiger partial charge is 0.333 e. The molecule has 0 N–H and O–H groups in total. The molecule has 12 heavy (non-hydrogen) atoms. The molecule has 0 unspecified atom stereocenters. The van der Waals surface area contributed by atoms with Gasteiger partial charge in [-0.25, -0.2) is 4.79 Å². The van der Waals surface area contributed by atoms with Crippen molar-refractivity contribution < 1.29 is 9.53 Å². The minimum absolute atomic E-state index is 0.0513. The molecular formula is C10H16O2. The van der Waals surface area contributed by atoms with Gasteiger partial charge >= 0.3 is 5.97 Å². The summed E-state index contributed by atoms with van der Waals surface area (Å²) < 4.78 is 5.04. The monoisotopic (exact) mass is 168 g/mol. The summed E-state index contributed by atoms with van der Waals surface area (Å²) in [5, 5.41) is 0. The van der Waals surface area contributed by atoms with E-state index in [9.17, 15) is 4.79 Å². The van der Waals surface area contributed by atoms with Crippen LogP contribution in [0.1, 0.15) is 27.2 Å². The lowest BCUT2D eigenvalue weighted by molar-refractivity contribution is -0.149. The van der Waals surface area contributed by atoms with Gasteiger partial charge in [-0.2, -0.15) is 0 Å². The quantitative estimate of drug-likeness (QED) is 0.443. The number of carbonyl (C=O) groups excluding carboxylic acids is 1. The molecule has 1 fully saturated rings. The Kier molecular flexibility index (Phi) is 2.55. The maximum Gasteiger partial charge on any atom is 0.333 e. The largest absolute Gasteiger partial charge is 0.459 e. The first kappa shape index (κ1) is 9.30. The number of hydrogen-bond acceptors (Lipinski definition) is 2. The van der Waals surface area contributed by atoms with Gasteiger partial charge in [0, 0.05) is 5.57 Å². The molecule has 0 aromatic carbocycles. The molecule has 1 aliphatic rings. The molecule has 2 nitrogen and oxygen atoms in total. The Balaban J connectivity index is 2.73. The van der Waals surface area contributed by atoms with Crippen LogP contribution in [0.2, 0.25) is 0 Å². The summed E-state index contributed by atoms with van der Waals surface area (Å²) in [5.41, 5.74) is 0.642. The van der Waals surface area contributed by atoms with Crippen molar-refractivity contribution in [1.29, 1.82) is 0 Å². The van der Waals surface area contributed by atoms with Crippen LogP contribution in [0.5, 0.6) is 0 Å². The molecular weight excluding hydrogens is 152 g/mol. The van der Waals surface area contributed by atoms with Gasteiger partial charge in [0.05, 0.1) is 6.10 Å². The maximum atomic E-state index is 11.2. The molecule has 1 rings (SSSR count). The number of hydrogen-bond donors (Lipinski definition) is 0. The van der Waals surface area contributed by atoms with Gasteiger partial charge in [-0.15, -0.1) is 0 Å². The predicted octanol–water partition coefficient (Wildman–Crippen LogP) is 2.15. The normalized spacial score (nSPS) is 30.7. The molecule has 0 spiro atoms. The van der Waals surface area contributed by atoms with Crippen molar-refractivity contribution in [1.82, 2.24) is 0 Å². The van der Waals surface area contributed by atoms with E-state index in [0.717, 1.165) is 6.42 Å². The summed E-state index contributed by atoms with van der Waals surface area (Å²) >= 11 is 0. The van der Waals surface area contributed by atoms with Crippen LogP contribution in [0.25, 0.3) is 0 Å². The van der Waals surface area contributed by atoms with E-state index in [-0.39, 0.29) is 12.1 Å². The standard InChI is InChI=1S/C10H16O2/c1-6(2)9-5-7(3)12-10(11)8(9)4/h6-7,9H,4-5H2,1-3H3/t7-,9+/m0/s1. The van der Waals surface area contributed by atoms with Gasteiger partial charge in [-0.1, -0.05) is 20.4 Å². The average molecular weight is 168 g/mol. The van der Waals surface area contributed by atoms with Crippen LogP contribution >= 0.6 is 0 Å². The second-order valence-electron chi connectivity index (χ2n) is 3.83. The van der Waals surface area contributed by atoms with Gasteiger partial charge in [-0.05, 0) is 25.2 Å². The summed E-state index contributed by atoms with van der Waals surface area (Å²) in [6.07, 6.45) is 0.970. The molecule has 1 aliphatic heterocycles. The van der Waals surface area contributed by atoms with E-state index in [2.05, 4.69) is 20.4 Å². The minimum Gasteiger partial charge on any atom is -0.459 e. The van der Waals surface area contributed by atoms with Crippen molar-refractivity contribution in [2.75, 3.05) is 0 Å². The van der Waals surface area contributed by atoms with E-state index in [1.54, 1.807) is 0 Å². The van der Waals surface area contributed by atoms with Gasteiger partial charge in [0.1, 0.15) is 0 Å². The second kappa shape index (κ2) is 3.30. The lowest BCUT2D eigenvalue weighted by Gasteiger charge is -2.30. The van der Waals surface area contributed by atoms with Crippen molar-refractivity contribution in [2.45, 2.75) is 33.3 Å². The zero-order chi connectivity index (χ0) is 9.30. The summed E-state index contributed by atoms with van der Waals surface area (Å²) in [6, 6.07) is 0. The van der Waals surface area contributed by atoms with Crippen LogP contribution in [-0.4, -0.2) is 12.1 Å². The van der Waals surface area contributed by atoms with Crippen molar-refractivity contribution in [2.24, 2.45) is 11.8 Å². The molecule has 0 aromatic heterocycles. The van der Waals surface area contributed by atoms with E-state index in [1.807, 2.05) is 6.92 Å². The van der Waals surface area contributed by atoms with Crippen LogP contribution in [0.3, 0.4) is 0 Å². The Morgan fingerprint density at radius 2 is 2.17 bits per heavy atom. The fourth-order valence-electron chi connectivity index (χ4n) is 1.63. The van der Waals surface area contributed by atoms with Gasteiger partial charge < -0.3 is 4.74 Å². The van der Waals surface area contributed by atoms with Crippen LogP contribution in [-0.2, 0) is 9.53 Å². The third-order valence-corrected chi connectivity index (χ3v) is 2.41. The molecule has 0 amide bonds. The third kappa shape index (κ3) is 1.68. The highest BCUT2D eigenvalue weighted by molar-refractivity contribution is 5.89. The Morgan fingerprint density at radius 1 is 1.58 bits per heavy atom. The molecule has 1 saturated heterocycles. The van der Waals surface area contributed by atoms with Gasteiger partial charge in [0.25, 0.3) is 0 Å². The Hall–Kier alpha value is -0.790. The first-order chi connectivity index (χ1) is 5.52. The first-order valence-electron chi connectivity index (χ1n) is 4.42. The fourth-order valence-corrected chi connectivity index (χ4v) is 1.63. The lowest BCUT2D eigenvalue weighted by Crippen LogP contribution is -2.32. The summed E-state index contributed by atoms with van der Waals surface area (Å²) in [7, 11) is 0. The molecule has 2 heteroatoms. The summed E-state index contributed by atoms with van der Waals surface area (Å²) in [5.74, 6) is 0.571. The number of cyclic esters (lactones) is 1. The lowest BCUT2D eigenvalue weighted by atomic mass is 9.83. The van der Waals surface area contributed by atoms with Crippen molar-refractivity contribution in [3.63, 3.8) is 0 Å². The van der Waals surface area contributed by atoms with E-state index in [1.165, 1.54) is 0 Å². The summed E-state index contributed by atoms with van der Waals surface area (Å²) in [4.78, 5) is 11.2. The van der Waals surface area contributed by atoms with Crippen molar-refractivity contribution in [3.05, 3.63) is 12.2 Å². The molecule has 1 heterocycles. The molecule has 0 radical (unpaired) electrons. The van der Waals surface area contributed by atoms with Crippen molar-refractivity contribution in [3.8, 4) is 0 Å². The first-order valence-corrected chi connectivity index (χ1v) is 4.42. The molecule has 2 atom stereocenters. The van der Waals surface area contributed by atoms with Gasteiger partial charge in [-0.3, -0.25) is 0 Å². The van der Waals surface area contributed by atoms with Crippen LogP contribution in [0, 0.1) is 11.8 Å². The Bertz CT molecular complexity index is 206. The molecule has 0 aliphatic carbocycles. The van der Waals surface area contributed by atoms with Gasteiger partial charge in [0.15, 0.2) is 0 Å². The molecule has 68 valence electrons. The topological polar surface area (TPSA) is 26.3 Å². The molecule has 0 bridgehead atoms. The highest BCUT2D eigenvalue weighted by Gasteiger charge is 2.31. The Morgan fingerprint density at radius 3 is 2.67 bits per heavy atom. The zero-order valence-corrected chi connectivity index (χ0v) is 7.96. The zero-order valence-electron chi connectivity index (χ0n) is 7.96. The third-order valence-electron chi connectivity index (χ3n) is 2.41. The van der Waals surface area contributed by atoms with E-state index < -0.39 is 0 Å². The SMILES string of the molecule is C=C1C(=O)O[C@@H](C)C[C@@H]1C(C)C. The van der Waals surface area contributed by atoms with E-state index in [0.29, 0.717) is 17.4 Å². The summed E-state index contributed by atoms with van der Waals surface area (Å²) in [6.45, 7) is 9.91. The number of ether oxygens (including phenoxy) is 1. The number of esters is 1. The highest BCUT2D eigenvalue weighted by Crippen LogP contribution is 2.30. The molecule has 0 saturated carbocycles. The Labute approximate surface area is 73.6 Å². The van der Waals surface area contributed by atoms with Crippen LogP contribution in [0.15, 0.2) is 12.2 Å². The van der Waals surface area contributed by atoms with Crippen LogP contribution in [0.4, 0.5) is 0 Å². The van der Waals surface area contributed by atoms with Crippen molar-refractivity contribution >= 4 is 5.97 Å². The number of carbonyl (C=O) groups is 1. The predicted molar refractivity (Wildman–Crippen MR) is 47.6 cm³/mol. The van der Waals surface area contributed by atoms with E-state index >= 15 is 0 Å². The highest BCUT2D eigenvalue weighted by atomic mass is 16.5. The molecule has 0 aromatic rings. The fraction of sp³-hybridized carbons (Fsp3) is 0.700. The van der Waals surface area contributed by atoms with Crippen LogP contribution < -0.4 is 0 Å². The van der Waals surface area contributed by atoms with E-state index in [4.69, 9.17) is 4.74 Å². The number of rotatable bonds is 1. The minimum atomic E-state index is -0.215. The maximum absolute atomic E-state index is 11.2. The second-order valence-corrected chi connectivity index (χ2v) is 3.83.